The van der Waals surface area contributed by atoms with Gasteiger partial charge in [-0.25, -0.2) is 27.5 Å². The van der Waals surface area contributed by atoms with E-state index in [1.807, 2.05) is 11.8 Å². The lowest BCUT2D eigenvalue weighted by Gasteiger charge is -2.48. The van der Waals surface area contributed by atoms with Crippen molar-refractivity contribution < 1.29 is 17.6 Å². The molecule has 0 spiro atoms. The highest BCUT2D eigenvalue weighted by atomic mass is 19.3. The first kappa shape index (κ1) is 20.8. The van der Waals surface area contributed by atoms with Gasteiger partial charge in [-0.3, -0.25) is 9.13 Å². The Balaban J connectivity index is 1.49. The second-order valence-electron chi connectivity index (χ2n) is 8.43. The number of imidazole rings is 1. The maximum absolute atomic E-state index is 14.5. The van der Waals surface area contributed by atoms with Crippen molar-refractivity contribution in [3.8, 4) is 23.0 Å². The fourth-order valence-corrected chi connectivity index (χ4v) is 4.73. The SMILES string of the molecule is CC[C@@H]1c2nncn2-c2cnc(-n3ccnc3-c3ccc(F)cc3F)nc2N1C1CC(F)(F)C1. The molecular weight excluding hydrogens is 452 g/mol. The minimum Gasteiger partial charge on any atom is -0.341 e. The number of rotatable bonds is 4. The number of hydrogen-bond donors (Lipinski definition) is 0. The molecule has 0 saturated heterocycles. The monoisotopic (exact) mass is 470 g/mol. The van der Waals surface area contributed by atoms with Crippen molar-refractivity contribution in [1.29, 1.82) is 0 Å². The summed E-state index contributed by atoms with van der Waals surface area (Å²) < 4.78 is 58.8. The van der Waals surface area contributed by atoms with Crippen LogP contribution in [0.4, 0.5) is 23.4 Å². The third-order valence-electron chi connectivity index (χ3n) is 6.33. The molecule has 1 saturated carbocycles. The summed E-state index contributed by atoms with van der Waals surface area (Å²) in [5.74, 6) is -2.73. The van der Waals surface area contributed by atoms with E-state index in [0.29, 0.717) is 23.8 Å². The average Bonchev–Trinajstić information content (AvgIpc) is 3.46. The molecule has 0 N–H and O–H groups in total. The van der Waals surface area contributed by atoms with Crippen LogP contribution in [0.5, 0.6) is 0 Å². The Bertz CT molecular complexity index is 1390. The number of fused-ring (bicyclic) bond motifs is 3. The van der Waals surface area contributed by atoms with Gasteiger partial charge in [-0.1, -0.05) is 6.92 Å². The van der Waals surface area contributed by atoms with E-state index in [9.17, 15) is 17.6 Å². The zero-order chi connectivity index (χ0) is 23.6. The second kappa shape index (κ2) is 7.34. The van der Waals surface area contributed by atoms with Crippen molar-refractivity contribution in [3.05, 3.63) is 60.6 Å². The fraction of sp³-hybridized carbons (Fsp3) is 0.318. The molecule has 2 aliphatic rings. The van der Waals surface area contributed by atoms with Gasteiger partial charge in [0, 0.05) is 37.3 Å². The summed E-state index contributed by atoms with van der Waals surface area (Å²) in [6.07, 6.45) is 6.16. The molecule has 4 heterocycles. The Kier molecular flexibility index (Phi) is 4.48. The predicted molar refractivity (Wildman–Crippen MR) is 113 cm³/mol. The number of anilines is 1. The molecule has 1 aromatic carbocycles. The van der Waals surface area contributed by atoms with Gasteiger partial charge in [0.15, 0.2) is 11.6 Å². The van der Waals surface area contributed by atoms with Crippen molar-refractivity contribution in [2.45, 2.75) is 44.2 Å². The van der Waals surface area contributed by atoms with E-state index in [-0.39, 0.29) is 36.2 Å². The number of nitrogens with zero attached hydrogens (tertiary/aromatic N) is 8. The molecule has 1 aliphatic carbocycles. The van der Waals surface area contributed by atoms with Crippen LogP contribution in [0.25, 0.3) is 23.0 Å². The Labute approximate surface area is 190 Å². The molecule has 12 heteroatoms. The smallest absolute Gasteiger partial charge is 0.252 e. The Morgan fingerprint density at radius 2 is 1.94 bits per heavy atom. The van der Waals surface area contributed by atoms with Gasteiger partial charge in [-0.15, -0.1) is 10.2 Å². The quantitative estimate of drug-likeness (QED) is 0.415. The molecule has 1 fully saturated rings. The van der Waals surface area contributed by atoms with E-state index >= 15 is 0 Å². The topological polar surface area (TPSA) is 77.5 Å². The highest BCUT2D eigenvalue weighted by molar-refractivity contribution is 5.64. The number of aromatic nitrogens is 7. The molecule has 3 aromatic heterocycles. The molecule has 8 nitrogen and oxygen atoms in total. The van der Waals surface area contributed by atoms with E-state index < -0.39 is 23.6 Å². The lowest BCUT2D eigenvalue weighted by molar-refractivity contribution is -0.0878. The minimum atomic E-state index is -2.72. The highest BCUT2D eigenvalue weighted by Gasteiger charge is 2.51. The number of hydrogen-bond acceptors (Lipinski definition) is 6. The van der Waals surface area contributed by atoms with Crippen LogP contribution >= 0.6 is 0 Å². The molecular formula is C22H18F4N8. The van der Waals surface area contributed by atoms with Crippen LogP contribution in [0.2, 0.25) is 0 Å². The van der Waals surface area contributed by atoms with E-state index in [4.69, 9.17) is 4.98 Å². The largest absolute Gasteiger partial charge is 0.341 e. The summed E-state index contributed by atoms with van der Waals surface area (Å²) in [6, 6.07) is 2.49. The van der Waals surface area contributed by atoms with Crippen molar-refractivity contribution in [3.63, 3.8) is 0 Å². The summed E-state index contributed by atoms with van der Waals surface area (Å²) >= 11 is 0. The van der Waals surface area contributed by atoms with Crippen LogP contribution in [-0.4, -0.2) is 46.2 Å². The predicted octanol–water partition coefficient (Wildman–Crippen LogP) is 4.26. The first-order chi connectivity index (χ1) is 16.4. The molecule has 0 unspecified atom stereocenters. The molecule has 4 aromatic rings. The number of benzene rings is 1. The third-order valence-corrected chi connectivity index (χ3v) is 6.33. The van der Waals surface area contributed by atoms with E-state index in [2.05, 4.69) is 20.2 Å². The van der Waals surface area contributed by atoms with Crippen LogP contribution in [0.3, 0.4) is 0 Å². The van der Waals surface area contributed by atoms with Crippen molar-refractivity contribution >= 4 is 5.82 Å². The maximum atomic E-state index is 14.5. The van der Waals surface area contributed by atoms with Gasteiger partial charge in [0.05, 0.1) is 17.8 Å². The summed E-state index contributed by atoms with van der Waals surface area (Å²) in [5.41, 5.74) is 0.647. The van der Waals surface area contributed by atoms with E-state index in [1.54, 1.807) is 23.3 Å². The van der Waals surface area contributed by atoms with Crippen molar-refractivity contribution in [1.82, 2.24) is 34.3 Å². The van der Waals surface area contributed by atoms with Gasteiger partial charge in [-0.05, 0) is 18.6 Å². The van der Waals surface area contributed by atoms with E-state index in [1.165, 1.54) is 16.8 Å². The van der Waals surface area contributed by atoms with Crippen LogP contribution in [-0.2, 0) is 0 Å². The molecule has 1 aliphatic heterocycles. The van der Waals surface area contributed by atoms with Gasteiger partial charge < -0.3 is 4.90 Å². The second-order valence-corrected chi connectivity index (χ2v) is 8.43. The van der Waals surface area contributed by atoms with Gasteiger partial charge in [0.1, 0.15) is 29.5 Å². The number of alkyl halides is 2. The molecule has 174 valence electrons. The summed E-state index contributed by atoms with van der Waals surface area (Å²) in [7, 11) is 0. The summed E-state index contributed by atoms with van der Waals surface area (Å²) in [4.78, 5) is 15.2. The fourth-order valence-electron chi connectivity index (χ4n) is 4.73. The first-order valence-corrected chi connectivity index (χ1v) is 10.8. The lowest BCUT2D eigenvalue weighted by Crippen LogP contribution is -2.54. The van der Waals surface area contributed by atoms with Gasteiger partial charge in [0.2, 0.25) is 5.95 Å². The third kappa shape index (κ3) is 3.08. The minimum absolute atomic E-state index is 0.0794. The Hall–Kier alpha value is -3.83. The number of halogens is 4. The van der Waals surface area contributed by atoms with Crippen LogP contribution in [0, 0.1) is 11.6 Å². The Morgan fingerprint density at radius 3 is 2.68 bits per heavy atom. The van der Waals surface area contributed by atoms with Crippen LogP contribution in [0.1, 0.15) is 38.1 Å². The molecule has 34 heavy (non-hydrogen) atoms. The van der Waals surface area contributed by atoms with Gasteiger partial charge in [-0.2, -0.15) is 4.98 Å². The zero-order valence-corrected chi connectivity index (χ0v) is 17.9. The highest BCUT2D eigenvalue weighted by Crippen LogP contribution is 2.48. The van der Waals surface area contributed by atoms with Crippen molar-refractivity contribution in [2.75, 3.05) is 4.90 Å². The standard InChI is InChI=1S/C22H18F4N8/c1-2-16-20-31-29-11-33(20)17-10-28-21(30-19(17)34(16)13-8-22(25,26)9-13)32-6-5-27-18(32)14-4-3-12(23)7-15(14)24/h3-7,10-11,13,16H,2,8-9H2,1H3/t16-/m1/s1. The normalized spacial score (nSPS) is 19.0. The maximum Gasteiger partial charge on any atom is 0.252 e. The molecule has 6 rings (SSSR count). The van der Waals surface area contributed by atoms with E-state index in [0.717, 1.165) is 12.1 Å². The molecule has 0 radical (unpaired) electrons. The van der Waals surface area contributed by atoms with Crippen LogP contribution < -0.4 is 4.90 Å². The van der Waals surface area contributed by atoms with Gasteiger partial charge in [0.25, 0.3) is 5.92 Å². The Morgan fingerprint density at radius 1 is 1.12 bits per heavy atom. The van der Waals surface area contributed by atoms with Crippen LogP contribution in [0.15, 0.2) is 43.1 Å². The zero-order valence-electron chi connectivity index (χ0n) is 17.9. The molecule has 0 amide bonds. The summed E-state index contributed by atoms with van der Waals surface area (Å²) in [5, 5.41) is 8.22. The lowest BCUT2D eigenvalue weighted by atomic mass is 9.85. The average molecular weight is 470 g/mol. The van der Waals surface area contributed by atoms with Crippen molar-refractivity contribution in [2.24, 2.45) is 0 Å². The molecule has 0 bridgehead atoms. The molecule has 1 atom stereocenters. The van der Waals surface area contributed by atoms with Gasteiger partial charge >= 0.3 is 0 Å². The first-order valence-electron chi connectivity index (χ1n) is 10.8. The summed E-state index contributed by atoms with van der Waals surface area (Å²) in [6.45, 7) is 1.95.